The summed E-state index contributed by atoms with van der Waals surface area (Å²) < 4.78 is 25.8. The van der Waals surface area contributed by atoms with Crippen LogP contribution in [0.2, 0.25) is 0 Å². The lowest BCUT2D eigenvalue weighted by atomic mass is 9.82. The van der Waals surface area contributed by atoms with Gasteiger partial charge >= 0.3 is 0 Å². The van der Waals surface area contributed by atoms with Gasteiger partial charge in [-0.15, -0.1) is 0 Å². The summed E-state index contributed by atoms with van der Waals surface area (Å²) in [6.07, 6.45) is 7.82. The number of amides is 2. The highest BCUT2D eigenvalue weighted by Crippen LogP contribution is 2.45. The number of hydrogen-bond donors (Lipinski definition) is 3. The third-order valence-electron chi connectivity index (χ3n) is 8.87. The number of fused-ring (bicyclic) bond motifs is 1. The van der Waals surface area contributed by atoms with Gasteiger partial charge in [0.25, 0.3) is 5.91 Å². The highest BCUT2D eigenvalue weighted by Gasteiger charge is 2.45. The molecule has 10 nitrogen and oxygen atoms in total. The molecule has 236 valence electrons. The summed E-state index contributed by atoms with van der Waals surface area (Å²) in [5, 5.41) is 14.5. The lowest BCUT2D eigenvalue weighted by molar-refractivity contribution is -0.123. The van der Waals surface area contributed by atoms with Crippen molar-refractivity contribution in [2.45, 2.75) is 62.6 Å². The van der Waals surface area contributed by atoms with Crippen molar-refractivity contribution in [1.82, 2.24) is 20.3 Å². The molecule has 4 aromatic rings. The molecular formula is C35H34FN5O5. The van der Waals surface area contributed by atoms with Gasteiger partial charge in [0.1, 0.15) is 46.5 Å². The van der Waals surface area contributed by atoms with E-state index in [0.717, 1.165) is 42.6 Å². The molecule has 3 heterocycles. The predicted molar refractivity (Wildman–Crippen MR) is 167 cm³/mol. The number of rotatable bonds is 10. The fourth-order valence-corrected chi connectivity index (χ4v) is 5.51. The first-order valence-corrected chi connectivity index (χ1v) is 15.4. The van der Waals surface area contributed by atoms with E-state index in [1.807, 2.05) is 6.07 Å². The number of carbonyl (C=O) groups is 2. The number of aromatic nitrogens is 3. The number of primary amides is 1. The predicted octanol–water partition coefficient (Wildman–Crippen LogP) is 4.54. The van der Waals surface area contributed by atoms with E-state index in [1.54, 1.807) is 49.6 Å². The topological polar surface area (TPSA) is 150 Å². The van der Waals surface area contributed by atoms with E-state index in [1.165, 1.54) is 19.1 Å². The van der Waals surface area contributed by atoms with Crippen molar-refractivity contribution < 1.29 is 28.6 Å². The Kier molecular flexibility index (Phi) is 7.23. The van der Waals surface area contributed by atoms with Gasteiger partial charge in [-0.05, 0) is 88.1 Å². The van der Waals surface area contributed by atoms with E-state index in [4.69, 9.17) is 15.2 Å². The van der Waals surface area contributed by atoms with Gasteiger partial charge in [0.15, 0.2) is 0 Å². The highest BCUT2D eigenvalue weighted by molar-refractivity contribution is 5.95. The molecule has 2 saturated carbocycles. The van der Waals surface area contributed by atoms with Crippen LogP contribution in [0.25, 0.3) is 22.4 Å². The molecule has 2 fully saturated rings. The zero-order chi connectivity index (χ0) is 32.2. The van der Waals surface area contributed by atoms with Crippen LogP contribution < -0.4 is 20.5 Å². The number of nitrogens with two attached hydrogens (primary N) is 1. The molecule has 46 heavy (non-hydrogen) atoms. The molecular weight excluding hydrogens is 589 g/mol. The van der Waals surface area contributed by atoms with Crippen LogP contribution >= 0.6 is 0 Å². The molecule has 0 bridgehead atoms. The first-order chi connectivity index (χ1) is 22.0. The maximum absolute atomic E-state index is 13.7. The number of ether oxygens (including phenoxy) is 2. The molecule has 2 aromatic heterocycles. The van der Waals surface area contributed by atoms with Gasteiger partial charge < -0.3 is 25.6 Å². The lowest BCUT2D eigenvalue weighted by Gasteiger charge is -2.26. The van der Waals surface area contributed by atoms with Gasteiger partial charge in [-0.3, -0.25) is 9.59 Å². The van der Waals surface area contributed by atoms with Gasteiger partial charge in [0, 0.05) is 46.1 Å². The first-order valence-electron chi connectivity index (χ1n) is 15.4. The standard InChI is InChI=1S/C35H34FN5O5/c1-34(33(37)43)18-45-30-26(34)14-28(41-29(30)19-5-8-23(36)9-6-19)35(2,44)17-40-32(42)21-7-12-25(27(13-21)46-24-10-11-24)22-15-38-31(39-16-22)20-3-4-20/h5-9,12-16,20,24,44H,3-4,10-11,17-18H2,1-2H3,(H2,37,43)(H,40,42)/t34-,35-/m0/s1. The Morgan fingerprint density at radius 1 is 1.09 bits per heavy atom. The minimum atomic E-state index is -1.67. The molecule has 11 heteroatoms. The van der Waals surface area contributed by atoms with E-state index in [0.29, 0.717) is 39.8 Å². The Balaban J connectivity index is 1.15. The Morgan fingerprint density at radius 2 is 1.80 bits per heavy atom. The minimum absolute atomic E-state index is 0.00603. The van der Waals surface area contributed by atoms with Crippen LogP contribution in [-0.4, -0.2) is 51.1 Å². The average Bonchev–Trinajstić information content (AvgIpc) is 3.99. The summed E-state index contributed by atoms with van der Waals surface area (Å²) in [6.45, 7) is 2.97. The Labute approximate surface area is 265 Å². The van der Waals surface area contributed by atoms with E-state index in [9.17, 15) is 19.1 Å². The maximum atomic E-state index is 13.7. The van der Waals surface area contributed by atoms with Gasteiger partial charge in [0.05, 0.1) is 18.3 Å². The van der Waals surface area contributed by atoms with Gasteiger partial charge in [-0.25, -0.2) is 19.3 Å². The molecule has 0 saturated heterocycles. The smallest absolute Gasteiger partial charge is 0.251 e. The first kappa shape index (κ1) is 29.8. The van der Waals surface area contributed by atoms with Crippen molar-refractivity contribution in [3.63, 3.8) is 0 Å². The van der Waals surface area contributed by atoms with E-state index in [-0.39, 0.29) is 24.9 Å². The molecule has 0 spiro atoms. The molecule has 2 aromatic carbocycles. The fraction of sp³-hybridized carbons (Fsp3) is 0.343. The van der Waals surface area contributed by atoms with Crippen LogP contribution in [-0.2, 0) is 15.8 Å². The second-order valence-corrected chi connectivity index (χ2v) is 12.8. The largest absolute Gasteiger partial charge is 0.490 e. The van der Waals surface area contributed by atoms with Crippen LogP contribution in [0, 0.1) is 5.82 Å². The molecule has 7 rings (SSSR count). The van der Waals surface area contributed by atoms with Crippen LogP contribution in [0.15, 0.2) is 60.9 Å². The summed E-state index contributed by atoms with van der Waals surface area (Å²) in [7, 11) is 0. The monoisotopic (exact) mass is 623 g/mol. The number of nitrogens with zero attached hydrogens (tertiary/aromatic N) is 3. The van der Waals surface area contributed by atoms with Crippen molar-refractivity contribution in [2.24, 2.45) is 5.73 Å². The van der Waals surface area contributed by atoms with Gasteiger partial charge in [0.2, 0.25) is 5.91 Å². The van der Waals surface area contributed by atoms with Crippen LogP contribution in [0.1, 0.15) is 72.9 Å². The van der Waals surface area contributed by atoms with Crippen molar-refractivity contribution in [1.29, 1.82) is 0 Å². The summed E-state index contributed by atoms with van der Waals surface area (Å²) in [6, 6.07) is 12.5. The molecule has 2 aliphatic carbocycles. The third kappa shape index (κ3) is 5.66. The number of aliphatic hydroxyl groups is 1. The normalized spacial score (nSPS) is 19.9. The number of nitrogens with one attached hydrogen (secondary N) is 1. The second kappa shape index (κ2) is 11.2. The van der Waals surface area contributed by atoms with E-state index in [2.05, 4.69) is 20.3 Å². The second-order valence-electron chi connectivity index (χ2n) is 12.8. The Hall–Kier alpha value is -4.90. The molecule has 0 radical (unpaired) electrons. The molecule has 4 N–H and O–H groups in total. The number of halogens is 1. The maximum Gasteiger partial charge on any atom is 0.251 e. The van der Waals surface area contributed by atoms with Crippen molar-refractivity contribution in [3.05, 3.63) is 89.4 Å². The van der Waals surface area contributed by atoms with Gasteiger partial charge in [-0.1, -0.05) is 0 Å². The zero-order valence-corrected chi connectivity index (χ0v) is 25.5. The van der Waals surface area contributed by atoms with E-state index >= 15 is 0 Å². The third-order valence-corrected chi connectivity index (χ3v) is 8.87. The Bertz CT molecular complexity index is 1840. The summed E-state index contributed by atoms with van der Waals surface area (Å²) in [5.74, 6) is 0.769. The van der Waals surface area contributed by atoms with Crippen molar-refractivity contribution in [2.75, 3.05) is 13.2 Å². The Morgan fingerprint density at radius 3 is 2.46 bits per heavy atom. The minimum Gasteiger partial charge on any atom is -0.490 e. The highest BCUT2D eigenvalue weighted by atomic mass is 19.1. The summed E-state index contributed by atoms with van der Waals surface area (Å²) >= 11 is 0. The van der Waals surface area contributed by atoms with Crippen LogP contribution in [0.4, 0.5) is 4.39 Å². The average molecular weight is 624 g/mol. The van der Waals surface area contributed by atoms with Crippen molar-refractivity contribution in [3.8, 4) is 33.9 Å². The zero-order valence-electron chi connectivity index (χ0n) is 25.5. The van der Waals surface area contributed by atoms with Gasteiger partial charge in [-0.2, -0.15) is 0 Å². The number of pyridine rings is 1. The van der Waals surface area contributed by atoms with Crippen LogP contribution in [0.5, 0.6) is 11.5 Å². The fourth-order valence-electron chi connectivity index (χ4n) is 5.51. The van der Waals surface area contributed by atoms with E-state index < -0.39 is 28.6 Å². The number of carbonyl (C=O) groups excluding carboxylic acids is 2. The SMILES string of the molecule is C[C@](O)(CNC(=O)c1ccc(-c2cnc(C3CC3)nc2)c(OC2CC2)c1)c1cc2c(c(-c3ccc(F)cc3)n1)OC[C@]2(C)C(N)=O. The summed E-state index contributed by atoms with van der Waals surface area (Å²) in [4.78, 5) is 39.7. The molecule has 2 amide bonds. The molecule has 1 aliphatic heterocycles. The molecule has 2 atom stereocenters. The lowest BCUT2D eigenvalue weighted by Crippen LogP contribution is -2.41. The van der Waals surface area contributed by atoms with Crippen LogP contribution in [0.3, 0.4) is 0 Å². The number of hydrogen-bond acceptors (Lipinski definition) is 8. The quantitative estimate of drug-likeness (QED) is 0.233. The summed E-state index contributed by atoms with van der Waals surface area (Å²) in [5.41, 5.74) is 6.39. The van der Waals surface area contributed by atoms with Crippen molar-refractivity contribution >= 4 is 11.8 Å². The molecule has 3 aliphatic rings. The number of benzene rings is 2. The molecule has 0 unspecified atom stereocenters.